The van der Waals surface area contributed by atoms with Gasteiger partial charge in [-0.2, -0.15) is 0 Å². The van der Waals surface area contributed by atoms with Crippen LogP contribution in [0.5, 0.6) is 0 Å². The molecule has 0 spiro atoms. The molecule has 1 atom stereocenters. The molecule has 124 valence electrons. The molecule has 2 rings (SSSR count). The van der Waals surface area contributed by atoms with E-state index in [9.17, 15) is 14.7 Å². The number of carbonyl (C=O) groups is 2. The Morgan fingerprint density at radius 1 is 1.39 bits per heavy atom. The number of aromatic nitrogens is 1. The Bertz CT molecular complexity index is 705. The third kappa shape index (κ3) is 4.19. The van der Waals surface area contributed by atoms with E-state index in [2.05, 4.69) is 10.3 Å². The molecule has 0 saturated carbocycles. The zero-order valence-corrected chi connectivity index (χ0v) is 14.2. The maximum Gasteiger partial charge on any atom is 0.326 e. The number of thiazole rings is 1. The van der Waals surface area contributed by atoms with Gasteiger partial charge in [-0.25, -0.2) is 9.78 Å². The average Bonchev–Trinajstić information content (AvgIpc) is 3.09. The predicted octanol–water partition coefficient (Wildman–Crippen LogP) is 3.39. The van der Waals surface area contributed by atoms with Crippen molar-refractivity contribution in [1.82, 2.24) is 10.3 Å². The number of hydrogen-bond acceptors (Lipinski definition) is 5. The van der Waals surface area contributed by atoms with Crippen LogP contribution >= 0.6 is 11.3 Å². The van der Waals surface area contributed by atoms with Gasteiger partial charge in [0, 0.05) is 0 Å². The van der Waals surface area contributed by atoms with Gasteiger partial charge in [0.05, 0.1) is 5.69 Å². The second-order valence-corrected chi connectivity index (χ2v) is 6.35. The summed E-state index contributed by atoms with van der Waals surface area (Å²) in [6.45, 7) is 5.54. The lowest BCUT2D eigenvalue weighted by molar-refractivity contribution is -0.139. The van der Waals surface area contributed by atoms with E-state index in [-0.39, 0.29) is 0 Å². The molecule has 1 amide bonds. The third-order valence-electron chi connectivity index (χ3n) is 3.40. The first-order chi connectivity index (χ1) is 10.9. The van der Waals surface area contributed by atoms with E-state index < -0.39 is 17.9 Å². The highest BCUT2D eigenvalue weighted by molar-refractivity contribution is 7.17. The monoisotopic (exact) mass is 336 g/mol. The molecule has 0 saturated heterocycles. The van der Waals surface area contributed by atoms with Crippen molar-refractivity contribution < 1.29 is 19.1 Å². The molecular formula is C16H20N2O4S. The molecule has 6 nitrogen and oxygen atoms in total. The summed E-state index contributed by atoms with van der Waals surface area (Å²) in [6, 6.07) is 2.76. The van der Waals surface area contributed by atoms with Crippen LogP contribution in [0.3, 0.4) is 0 Å². The molecule has 2 N–H and O–H groups in total. The van der Waals surface area contributed by atoms with Crippen molar-refractivity contribution in [3.8, 4) is 10.8 Å². The van der Waals surface area contributed by atoms with Crippen molar-refractivity contribution in [1.29, 1.82) is 0 Å². The van der Waals surface area contributed by atoms with Crippen molar-refractivity contribution in [2.75, 3.05) is 0 Å². The number of hydrogen-bond donors (Lipinski definition) is 2. The zero-order valence-electron chi connectivity index (χ0n) is 13.4. The Balaban J connectivity index is 2.16. The standard InChI is InChI=1S/C16H20N2O4S/c1-4-5-6-11(16(20)21)18-14(19)13-10(3)17-15(23-13)12-8-7-9(2)22-12/h7-8,11H,4-6H2,1-3H3,(H,18,19)(H,20,21). The summed E-state index contributed by atoms with van der Waals surface area (Å²) in [5.41, 5.74) is 0.566. The Hall–Kier alpha value is -2.15. The molecule has 0 radical (unpaired) electrons. The number of nitrogens with one attached hydrogen (secondary N) is 1. The number of aliphatic carboxylic acids is 1. The number of carbonyl (C=O) groups excluding carboxylic acids is 1. The largest absolute Gasteiger partial charge is 0.480 e. The summed E-state index contributed by atoms with van der Waals surface area (Å²) in [5.74, 6) is -0.0475. The predicted molar refractivity (Wildman–Crippen MR) is 87.7 cm³/mol. The fourth-order valence-electron chi connectivity index (χ4n) is 2.15. The Kier molecular flexibility index (Phi) is 5.54. The van der Waals surface area contributed by atoms with E-state index >= 15 is 0 Å². The highest BCUT2D eigenvalue weighted by Gasteiger charge is 2.23. The topological polar surface area (TPSA) is 92.4 Å². The van der Waals surface area contributed by atoms with Crippen LogP contribution in [0.4, 0.5) is 0 Å². The van der Waals surface area contributed by atoms with Crippen LogP contribution in [-0.4, -0.2) is 28.0 Å². The molecule has 0 bridgehead atoms. The lowest BCUT2D eigenvalue weighted by Crippen LogP contribution is -2.40. The Morgan fingerprint density at radius 2 is 2.13 bits per heavy atom. The maximum atomic E-state index is 12.4. The van der Waals surface area contributed by atoms with Gasteiger partial charge in [-0.15, -0.1) is 11.3 Å². The number of furan rings is 1. The van der Waals surface area contributed by atoms with Crippen LogP contribution in [0.15, 0.2) is 16.5 Å². The van der Waals surface area contributed by atoms with Crippen LogP contribution in [-0.2, 0) is 4.79 Å². The van der Waals surface area contributed by atoms with Crippen molar-refractivity contribution in [2.24, 2.45) is 0 Å². The number of amides is 1. The lowest BCUT2D eigenvalue weighted by Gasteiger charge is -2.13. The average molecular weight is 336 g/mol. The molecule has 2 heterocycles. The van der Waals surface area contributed by atoms with E-state index in [1.807, 2.05) is 19.9 Å². The van der Waals surface area contributed by atoms with Crippen molar-refractivity contribution >= 4 is 23.2 Å². The van der Waals surface area contributed by atoms with Crippen molar-refractivity contribution in [2.45, 2.75) is 46.1 Å². The minimum atomic E-state index is -1.02. The molecule has 2 aromatic rings. The van der Waals surface area contributed by atoms with E-state index in [0.717, 1.165) is 18.6 Å². The van der Waals surface area contributed by atoms with Gasteiger partial charge in [0.2, 0.25) is 0 Å². The molecule has 2 aromatic heterocycles. The summed E-state index contributed by atoms with van der Waals surface area (Å²) in [5, 5.41) is 12.4. The first-order valence-electron chi connectivity index (χ1n) is 7.50. The van der Waals surface area contributed by atoms with E-state index in [0.29, 0.717) is 27.8 Å². The third-order valence-corrected chi connectivity index (χ3v) is 4.57. The van der Waals surface area contributed by atoms with Crippen LogP contribution in [0.25, 0.3) is 10.8 Å². The second kappa shape index (κ2) is 7.41. The van der Waals surface area contributed by atoms with Gasteiger partial charge in [-0.3, -0.25) is 4.79 Å². The van der Waals surface area contributed by atoms with Crippen molar-refractivity contribution in [3.05, 3.63) is 28.5 Å². The molecule has 23 heavy (non-hydrogen) atoms. The number of carboxylic acid groups (broad SMARTS) is 1. The van der Waals surface area contributed by atoms with Crippen LogP contribution < -0.4 is 5.32 Å². The number of unbranched alkanes of at least 4 members (excludes halogenated alkanes) is 1. The SMILES string of the molecule is CCCCC(NC(=O)c1sc(-c2ccc(C)o2)nc1C)C(=O)O. The summed E-state index contributed by atoms with van der Waals surface area (Å²) >= 11 is 1.20. The lowest BCUT2D eigenvalue weighted by atomic mass is 10.1. The van der Waals surface area contributed by atoms with Crippen LogP contribution in [0, 0.1) is 13.8 Å². The van der Waals surface area contributed by atoms with Gasteiger partial charge in [0.25, 0.3) is 5.91 Å². The molecule has 0 aliphatic rings. The van der Waals surface area contributed by atoms with Crippen LogP contribution in [0.2, 0.25) is 0 Å². The minimum absolute atomic E-state index is 0.405. The van der Waals surface area contributed by atoms with Crippen molar-refractivity contribution in [3.63, 3.8) is 0 Å². The van der Waals surface area contributed by atoms with Gasteiger partial charge in [0.15, 0.2) is 10.8 Å². The van der Waals surface area contributed by atoms with E-state index in [1.165, 1.54) is 11.3 Å². The summed E-state index contributed by atoms with van der Waals surface area (Å²) in [4.78, 5) is 28.4. The van der Waals surface area contributed by atoms with Gasteiger partial charge in [-0.05, 0) is 32.4 Å². The quantitative estimate of drug-likeness (QED) is 0.808. The van der Waals surface area contributed by atoms with Gasteiger partial charge in [-0.1, -0.05) is 19.8 Å². The second-order valence-electron chi connectivity index (χ2n) is 5.35. The Morgan fingerprint density at radius 3 is 2.70 bits per heavy atom. The molecule has 0 fully saturated rings. The fraction of sp³-hybridized carbons (Fsp3) is 0.438. The smallest absolute Gasteiger partial charge is 0.326 e. The summed E-state index contributed by atoms with van der Waals surface area (Å²) in [7, 11) is 0. The molecule has 0 aliphatic heterocycles. The maximum absolute atomic E-state index is 12.4. The summed E-state index contributed by atoms with van der Waals surface area (Å²) < 4.78 is 5.51. The highest BCUT2D eigenvalue weighted by atomic mass is 32.1. The fourth-order valence-corrected chi connectivity index (χ4v) is 3.08. The van der Waals surface area contributed by atoms with E-state index in [1.54, 1.807) is 13.0 Å². The molecular weight excluding hydrogens is 316 g/mol. The normalized spacial score (nSPS) is 12.1. The first kappa shape index (κ1) is 17.2. The van der Waals surface area contributed by atoms with E-state index in [4.69, 9.17) is 4.42 Å². The number of rotatable bonds is 7. The van der Waals surface area contributed by atoms with Gasteiger partial charge in [0.1, 0.15) is 16.7 Å². The molecule has 7 heteroatoms. The van der Waals surface area contributed by atoms with Gasteiger partial charge >= 0.3 is 5.97 Å². The highest BCUT2D eigenvalue weighted by Crippen LogP contribution is 2.29. The Labute approximate surface area is 138 Å². The minimum Gasteiger partial charge on any atom is -0.480 e. The first-order valence-corrected chi connectivity index (χ1v) is 8.32. The zero-order chi connectivity index (χ0) is 17.0. The number of carboxylic acids is 1. The van der Waals surface area contributed by atoms with Gasteiger partial charge < -0.3 is 14.8 Å². The molecule has 0 aliphatic carbocycles. The molecule has 1 unspecified atom stereocenters. The number of aryl methyl sites for hydroxylation is 2. The molecule has 0 aromatic carbocycles. The summed E-state index contributed by atoms with van der Waals surface area (Å²) in [6.07, 6.45) is 2.04. The van der Waals surface area contributed by atoms with Crippen LogP contribution in [0.1, 0.15) is 47.3 Å². The number of nitrogens with zero attached hydrogens (tertiary/aromatic N) is 1.